The highest BCUT2D eigenvalue weighted by molar-refractivity contribution is 7.26. The summed E-state index contributed by atoms with van der Waals surface area (Å²) in [4.78, 5) is 4.87. The van der Waals surface area contributed by atoms with Gasteiger partial charge in [0.1, 0.15) is 11.3 Å². The third-order valence-electron chi connectivity index (χ3n) is 6.11. The number of rotatable bonds is 1. The lowest BCUT2D eigenvalue weighted by atomic mass is 9.82. The molecule has 6 rings (SSSR count). The molecule has 3 heteroatoms. The van der Waals surface area contributed by atoms with E-state index in [2.05, 4.69) is 81.4 Å². The molecule has 6 aromatic rings. The van der Waals surface area contributed by atoms with E-state index in [-0.39, 0.29) is 5.41 Å². The molecule has 3 aromatic carbocycles. The van der Waals surface area contributed by atoms with Crippen LogP contribution < -0.4 is 0 Å². The molecule has 0 N–H and O–H groups in total. The minimum Gasteiger partial charge on any atom is -0.461 e. The van der Waals surface area contributed by atoms with Crippen LogP contribution in [0.5, 0.6) is 0 Å². The first-order valence-corrected chi connectivity index (χ1v) is 11.5. The first-order chi connectivity index (χ1) is 14.9. The molecule has 0 atom stereocenters. The van der Waals surface area contributed by atoms with Crippen molar-refractivity contribution in [2.45, 2.75) is 33.1 Å². The number of furan rings is 1. The molecule has 0 spiro atoms. The second-order valence-corrected chi connectivity index (χ2v) is 10.4. The van der Waals surface area contributed by atoms with Crippen molar-refractivity contribution in [2.24, 2.45) is 0 Å². The van der Waals surface area contributed by atoms with Crippen molar-refractivity contribution < 1.29 is 4.42 Å². The molecule has 3 aromatic heterocycles. The van der Waals surface area contributed by atoms with Crippen LogP contribution in [0.25, 0.3) is 53.2 Å². The van der Waals surface area contributed by atoms with Gasteiger partial charge in [-0.2, -0.15) is 0 Å². The fraction of sp³-hybridized carbons (Fsp3) is 0.179. The maximum absolute atomic E-state index is 5.90. The summed E-state index contributed by atoms with van der Waals surface area (Å²) in [5, 5.41) is 6.29. The van der Waals surface area contributed by atoms with Crippen LogP contribution in [-0.4, -0.2) is 4.98 Å². The highest BCUT2D eigenvalue weighted by atomic mass is 32.1. The highest BCUT2D eigenvalue weighted by Crippen LogP contribution is 2.43. The van der Waals surface area contributed by atoms with Crippen molar-refractivity contribution in [1.29, 1.82) is 0 Å². The van der Waals surface area contributed by atoms with E-state index in [9.17, 15) is 0 Å². The average molecular weight is 422 g/mol. The van der Waals surface area contributed by atoms with Gasteiger partial charge in [-0.3, -0.25) is 4.98 Å². The molecule has 0 aliphatic carbocycles. The first kappa shape index (κ1) is 18.6. The van der Waals surface area contributed by atoms with Gasteiger partial charge in [0.2, 0.25) is 0 Å². The largest absolute Gasteiger partial charge is 0.461 e. The fourth-order valence-electron chi connectivity index (χ4n) is 4.71. The summed E-state index contributed by atoms with van der Waals surface area (Å²) in [5.41, 5.74) is 4.59. The molecular weight excluding hydrogens is 398 g/mol. The number of fused-ring (bicyclic) bond motifs is 6. The van der Waals surface area contributed by atoms with Gasteiger partial charge in [0.05, 0.1) is 10.4 Å². The van der Waals surface area contributed by atoms with Crippen LogP contribution in [0.1, 0.15) is 32.1 Å². The van der Waals surface area contributed by atoms with E-state index in [0.717, 1.165) is 17.0 Å². The molecule has 0 amide bonds. The van der Waals surface area contributed by atoms with Gasteiger partial charge < -0.3 is 4.42 Å². The van der Waals surface area contributed by atoms with Gasteiger partial charge in [-0.15, -0.1) is 11.3 Å². The molecule has 31 heavy (non-hydrogen) atoms. The highest BCUT2D eigenvalue weighted by Gasteiger charge is 2.20. The smallest absolute Gasteiger partial charge is 0.134 e. The SMILES string of the molecule is Cc1cc2c(ccc3sc4c(-c5cc(C(C)(C)C)c6ccccc6c5)nccc4c32)o1. The van der Waals surface area contributed by atoms with Crippen LogP contribution in [0.3, 0.4) is 0 Å². The van der Waals surface area contributed by atoms with Crippen molar-refractivity contribution in [3.05, 3.63) is 78.2 Å². The van der Waals surface area contributed by atoms with E-state index in [1.54, 1.807) is 0 Å². The lowest BCUT2D eigenvalue weighted by molar-refractivity contribution is 0.579. The first-order valence-electron chi connectivity index (χ1n) is 10.6. The topological polar surface area (TPSA) is 26.0 Å². The zero-order valence-electron chi connectivity index (χ0n) is 18.1. The normalized spacial score (nSPS) is 12.5. The van der Waals surface area contributed by atoms with Crippen LogP contribution >= 0.6 is 11.3 Å². The minimum atomic E-state index is 0.0458. The molecule has 3 heterocycles. The van der Waals surface area contributed by atoms with E-state index in [1.807, 2.05) is 24.5 Å². The van der Waals surface area contributed by atoms with Gasteiger partial charge in [-0.05, 0) is 65.1 Å². The van der Waals surface area contributed by atoms with Crippen molar-refractivity contribution in [3.63, 3.8) is 0 Å². The van der Waals surface area contributed by atoms with Gasteiger partial charge in [0, 0.05) is 32.6 Å². The minimum absolute atomic E-state index is 0.0458. The number of thiophene rings is 1. The molecule has 152 valence electrons. The molecular formula is C28H23NOS. The third-order valence-corrected chi connectivity index (χ3v) is 7.29. The Bertz CT molecular complexity index is 1630. The third kappa shape index (κ3) is 2.80. The Morgan fingerprint density at radius 2 is 1.71 bits per heavy atom. The summed E-state index contributed by atoms with van der Waals surface area (Å²) in [6.07, 6.45) is 1.95. The number of aromatic nitrogens is 1. The molecule has 0 saturated heterocycles. The van der Waals surface area contributed by atoms with Gasteiger partial charge in [-0.1, -0.05) is 45.0 Å². The number of benzene rings is 3. The van der Waals surface area contributed by atoms with E-state index in [1.165, 1.54) is 47.5 Å². The van der Waals surface area contributed by atoms with Crippen molar-refractivity contribution >= 4 is 53.3 Å². The van der Waals surface area contributed by atoms with Crippen molar-refractivity contribution in [1.82, 2.24) is 4.98 Å². The number of pyridine rings is 1. The zero-order chi connectivity index (χ0) is 21.3. The number of aryl methyl sites for hydroxylation is 1. The Labute approximate surface area is 185 Å². The molecule has 0 radical (unpaired) electrons. The standard InChI is InChI=1S/C28H23NOS/c1-16-13-21-23(30-16)9-10-24-25(21)20-11-12-29-26(27(20)31-24)18-14-17-7-5-6-8-19(17)22(15-18)28(2,3)4/h5-15H,1-4H3. The predicted molar refractivity (Wildman–Crippen MR) is 133 cm³/mol. The lowest BCUT2D eigenvalue weighted by Crippen LogP contribution is -2.12. The Kier molecular flexibility index (Phi) is 3.85. The Morgan fingerprint density at radius 3 is 2.55 bits per heavy atom. The second-order valence-electron chi connectivity index (χ2n) is 9.34. The molecule has 0 fully saturated rings. The summed E-state index contributed by atoms with van der Waals surface area (Å²) < 4.78 is 8.41. The summed E-state index contributed by atoms with van der Waals surface area (Å²) in [7, 11) is 0. The average Bonchev–Trinajstić information content (AvgIpc) is 3.31. The summed E-state index contributed by atoms with van der Waals surface area (Å²) in [6, 6.07) is 21.9. The van der Waals surface area contributed by atoms with Crippen molar-refractivity contribution in [3.8, 4) is 11.3 Å². The quantitative estimate of drug-likeness (QED) is 0.265. The van der Waals surface area contributed by atoms with Gasteiger partial charge in [-0.25, -0.2) is 0 Å². The fourth-order valence-corrected chi connectivity index (χ4v) is 5.94. The van der Waals surface area contributed by atoms with E-state index in [4.69, 9.17) is 9.40 Å². The number of nitrogens with zero attached hydrogens (tertiary/aromatic N) is 1. The van der Waals surface area contributed by atoms with E-state index < -0.39 is 0 Å². The summed E-state index contributed by atoms with van der Waals surface area (Å²) in [5.74, 6) is 0.945. The van der Waals surface area contributed by atoms with E-state index >= 15 is 0 Å². The molecule has 2 nitrogen and oxygen atoms in total. The van der Waals surface area contributed by atoms with Crippen LogP contribution in [0, 0.1) is 6.92 Å². The van der Waals surface area contributed by atoms with Crippen LogP contribution in [0.4, 0.5) is 0 Å². The van der Waals surface area contributed by atoms with Crippen molar-refractivity contribution in [2.75, 3.05) is 0 Å². The predicted octanol–water partition coefficient (Wildman–Crippen LogP) is 8.62. The second kappa shape index (κ2) is 6.41. The molecule has 0 saturated carbocycles. The summed E-state index contributed by atoms with van der Waals surface area (Å²) in [6.45, 7) is 8.86. The monoisotopic (exact) mass is 421 g/mol. The Morgan fingerprint density at radius 1 is 0.871 bits per heavy atom. The zero-order valence-corrected chi connectivity index (χ0v) is 18.9. The summed E-state index contributed by atoms with van der Waals surface area (Å²) >= 11 is 1.82. The molecule has 0 unspecified atom stereocenters. The number of hydrogen-bond acceptors (Lipinski definition) is 3. The molecule has 0 aliphatic heterocycles. The van der Waals surface area contributed by atoms with Gasteiger partial charge in [0.25, 0.3) is 0 Å². The van der Waals surface area contributed by atoms with E-state index in [0.29, 0.717) is 0 Å². The number of hydrogen-bond donors (Lipinski definition) is 0. The lowest BCUT2D eigenvalue weighted by Gasteiger charge is -2.22. The Hall–Kier alpha value is -3.17. The van der Waals surface area contributed by atoms with Crippen LogP contribution in [0.15, 0.2) is 71.3 Å². The van der Waals surface area contributed by atoms with Gasteiger partial charge in [0.15, 0.2) is 0 Å². The Balaban J connectivity index is 1.71. The maximum atomic E-state index is 5.90. The van der Waals surface area contributed by atoms with Crippen LogP contribution in [-0.2, 0) is 5.41 Å². The van der Waals surface area contributed by atoms with Gasteiger partial charge >= 0.3 is 0 Å². The molecule has 0 bridgehead atoms. The molecule has 0 aliphatic rings. The van der Waals surface area contributed by atoms with Crippen LogP contribution in [0.2, 0.25) is 0 Å². The maximum Gasteiger partial charge on any atom is 0.134 e.